The van der Waals surface area contributed by atoms with Crippen LogP contribution in [0.3, 0.4) is 0 Å². The number of benzene rings is 3. The van der Waals surface area contributed by atoms with E-state index in [1.165, 1.54) is 11.8 Å². The molecule has 1 amide bonds. The lowest BCUT2D eigenvalue weighted by Crippen LogP contribution is -2.16. The van der Waals surface area contributed by atoms with Gasteiger partial charge in [0.15, 0.2) is 0 Å². The molecule has 1 heterocycles. The number of carbonyl (C=O) groups excluding carboxylic acids is 1. The number of aryl methyl sites for hydroxylation is 3. The van der Waals surface area contributed by atoms with E-state index in [1.54, 1.807) is 0 Å². The second-order valence-electron chi connectivity index (χ2n) is 8.52. The molecule has 36 heavy (non-hydrogen) atoms. The second kappa shape index (κ2) is 11.4. The molecule has 0 aliphatic rings. The quantitative estimate of drug-likeness (QED) is 0.256. The van der Waals surface area contributed by atoms with Crippen molar-refractivity contribution in [2.45, 2.75) is 32.2 Å². The SMILES string of the molecule is CCc1cccc(C)c1NC(=O)CSc1nc(-c2ccc(Cl)cc2)cc(-c2ccc(C)cc2)c1C#N. The summed E-state index contributed by atoms with van der Waals surface area (Å²) in [4.78, 5) is 17.7. The Morgan fingerprint density at radius 2 is 1.72 bits per heavy atom. The predicted octanol–water partition coefficient (Wildman–Crippen LogP) is 7.85. The highest BCUT2D eigenvalue weighted by atomic mass is 35.5. The molecule has 4 aromatic rings. The van der Waals surface area contributed by atoms with Gasteiger partial charge in [0, 0.05) is 21.8 Å². The topological polar surface area (TPSA) is 65.8 Å². The third kappa shape index (κ3) is 5.79. The molecule has 0 saturated heterocycles. The zero-order chi connectivity index (χ0) is 25.7. The number of carbonyl (C=O) groups is 1. The predicted molar refractivity (Wildman–Crippen MR) is 149 cm³/mol. The Kier molecular flexibility index (Phi) is 8.10. The Morgan fingerprint density at radius 3 is 2.39 bits per heavy atom. The number of aromatic nitrogens is 1. The molecular formula is C30H26ClN3OS. The van der Waals surface area contributed by atoms with Crippen LogP contribution in [0.4, 0.5) is 5.69 Å². The van der Waals surface area contributed by atoms with E-state index in [9.17, 15) is 10.1 Å². The van der Waals surface area contributed by atoms with Crippen molar-refractivity contribution in [1.29, 1.82) is 5.26 Å². The molecule has 1 N–H and O–H groups in total. The van der Waals surface area contributed by atoms with Gasteiger partial charge in [-0.05, 0) is 55.2 Å². The maximum atomic E-state index is 12.9. The molecule has 0 saturated carbocycles. The van der Waals surface area contributed by atoms with Crippen LogP contribution < -0.4 is 5.32 Å². The molecule has 0 radical (unpaired) electrons. The van der Waals surface area contributed by atoms with Gasteiger partial charge in [-0.2, -0.15) is 5.26 Å². The summed E-state index contributed by atoms with van der Waals surface area (Å²) in [6.45, 7) is 6.08. The Morgan fingerprint density at radius 1 is 1.03 bits per heavy atom. The summed E-state index contributed by atoms with van der Waals surface area (Å²) in [6, 6.07) is 25.7. The van der Waals surface area contributed by atoms with Gasteiger partial charge in [0.05, 0.1) is 17.0 Å². The molecule has 0 bridgehead atoms. The number of nitrogens with zero attached hydrogens (tertiary/aromatic N) is 2. The fourth-order valence-corrected chi connectivity index (χ4v) is 4.90. The molecule has 0 unspecified atom stereocenters. The Hall–Kier alpha value is -3.59. The van der Waals surface area contributed by atoms with E-state index >= 15 is 0 Å². The van der Waals surface area contributed by atoms with Crippen molar-refractivity contribution >= 4 is 35.0 Å². The Labute approximate surface area is 221 Å². The summed E-state index contributed by atoms with van der Waals surface area (Å²) < 4.78 is 0. The minimum Gasteiger partial charge on any atom is -0.325 e. The Bertz CT molecular complexity index is 1440. The minimum absolute atomic E-state index is 0.135. The van der Waals surface area contributed by atoms with Gasteiger partial charge in [0.1, 0.15) is 11.1 Å². The number of thioether (sulfide) groups is 1. The third-order valence-electron chi connectivity index (χ3n) is 5.95. The van der Waals surface area contributed by atoms with Crippen molar-refractivity contribution in [1.82, 2.24) is 4.98 Å². The van der Waals surface area contributed by atoms with Gasteiger partial charge in [0.25, 0.3) is 0 Å². The molecule has 3 aromatic carbocycles. The summed E-state index contributed by atoms with van der Waals surface area (Å²) in [5.74, 6) is -0.000181. The molecule has 6 heteroatoms. The van der Waals surface area contributed by atoms with Crippen molar-refractivity contribution < 1.29 is 4.79 Å². The van der Waals surface area contributed by atoms with E-state index in [2.05, 4.69) is 18.3 Å². The van der Waals surface area contributed by atoms with Crippen molar-refractivity contribution in [3.8, 4) is 28.5 Å². The first kappa shape index (κ1) is 25.5. The summed E-state index contributed by atoms with van der Waals surface area (Å²) in [7, 11) is 0. The average molecular weight is 512 g/mol. The van der Waals surface area contributed by atoms with Gasteiger partial charge in [-0.25, -0.2) is 4.98 Å². The molecule has 0 spiro atoms. The van der Waals surface area contributed by atoms with E-state index in [0.717, 1.165) is 51.2 Å². The zero-order valence-electron chi connectivity index (χ0n) is 20.4. The van der Waals surface area contributed by atoms with Gasteiger partial charge in [0.2, 0.25) is 5.91 Å². The van der Waals surface area contributed by atoms with Crippen LogP contribution in [0, 0.1) is 25.2 Å². The number of pyridine rings is 1. The normalized spacial score (nSPS) is 10.6. The molecule has 4 rings (SSSR count). The first-order valence-electron chi connectivity index (χ1n) is 11.7. The summed E-state index contributed by atoms with van der Waals surface area (Å²) in [5, 5.41) is 14.3. The van der Waals surface area contributed by atoms with Gasteiger partial charge < -0.3 is 5.32 Å². The lowest BCUT2D eigenvalue weighted by Gasteiger charge is -2.14. The molecule has 180 valence electrons. The molecule has 0 aliphatic heterocycles. The van der Waals surface area contributed by atoms with Crippen molar-refractivity contribution in [2.75, 3.05) is 11.1 Å². The average Bonchev–Trinajstić information content (AvgIpc) is 2.89. The van der Waals surface area contributed by atoms with E-state index in [0.29, 0.717) is 15.6 Å². The first-order valence-corrected chi connectivity index (χ1v) is 13.0. The molecular weight excluding hydrogens is 486 g/mol. The van der Waals surface area contributed by atoms with E-state index in [-0.39, 0.29) is 11.7 Å². The van der Waals surface area contributed by atoms with Crippen LogP contribution in [0.1, 0.15) is 29.2 Å². The highest BCUT2D eigenvalue weighted by molar-refractivity contribution is 8.00. The number of rotatable bonds is 7. The maximum absolute atomic E-state index is 12.9. The van der Waals surface area contributed by atoms with Crippen LogP contribution in [-0.2, 0) is 11.2 Å². The zero-order valence-corrected chi connectivity index (χ0v) is 22.0. The lowest BCUT2D eigenvalue weighted by molar-refractivity contribution is -0.113. The fraction of sp³-hybridized carbons (Fsp3) is 0.167. The van der Waals surface area contributed by atoms with Gasteiger partial charge in [-0.3, -0.25) is 4.79 Å². The first-order chi connectivity index (χ1) is 17.4. The van der Waals surface area contributed by atoms with Crippen LogP contribution in [0.25, 0.3) is 22.4 Å². The fourth-order valence-electron chi connectivity index (χ4n) is 3.97. The lowest BCUT2D eigenvalue weighted by atomic mass is 9.98. The minimum atomic E-state index is -0.136. The summed E-state index contributed by atoms with van der Waals surface area (Å²) in [5.41, 5.74) is 7.88. The number of amides is 1. The maximum Gasteiger partial charge on any atom is 0.234 e. The molecule has 0 aliphatic carbocycles. The van der Waals surface area contributed by atoms with E-state index in [1.807, 2.05) is 86.6 Å². The largest absolute Gasteiger partial charge is 0.325 e. The smallest absolute Gasteiger partial charge is 0.234 e. The van der Waals surface area contributed by atoms with E-state index < -0.39 is 0 Å². The number of halogens is 1. The number of hydrogen-bond acceptors (Lipinski definition) is 4. The summed E-state index contributed by atoms with van der Waals surface area (Å²) in [6.07, 6.45) is 0.827. The van der Waals surface area contributed by atoms with Crippen molar-refractivity contribution in [3.63, 3.8) is 0 Å². The number of anilines is 1. The summed E-state index contributed by atoms with van der Waals surface area (Å²) >= 11 is 7.36. The van der Waals surface area contributed by atoms with Gasteiger partial charge in [-0.1, -0.05) is 90.4 Å². The number of nitrogens with one attached hydrogen (secondary N) is 1. The van der Waals surface area contributed by atoms with Crippen molar-refractivity contribution in [2.24, 2.45) is 0 Å². The molecule has 0 fully saturated rings. The molecule has 1 aromatic heterocycles. The second-order valence-corrected chi connectivity index (χ2v) is 9.92. The number of para-hydroxylation sites is 1. The van der Waals surface area contributed by atoms with E-state index in [4.69, 9.17) is 16.6 Å². The highest BCUT2D eigenvalue weighted by Gasteiger charge is 2.18. The monoisotopic (exact) mass is 511 g/mol. The van der Waals surface area contributed by atoms with Gasteiger partial charge in [-0.15, -0.1) is 0 Å². The van der Waals surface area contributed by atoms with Crippen LogP contribution >= 0.6 is 23.4 Å². The van der Waals surface area contributed by atoms with Crippen LogP contribution in [0.15, 0.2) is 77.8 Å². The van der Waals surface area contributed by atoms with Crippen LogP contribution in [-0.4, -0.2) is 16.6 Å². The van der Waals surface area contributed by atoms with Crippen molar-refractivity contribution in [3.05, 3.63) is 100 Å². The van der Waals surface area contributed by atoms with Gasteiger partial charge >= 0.3 is 0 Å². The molecule has 0 atom stereocenters. The van der Waals surface area contributed by atoms with Crippen LogP contribution in [0.5, 0.6) is 0 Å². The Balaban J connectivity index is 1.70. The highest BCUT2D eigenvalue weighted by Crippen LogP contribution is 2.35. The third-order valence-corrected chi connectivity index (χ3v) is 7.17. The van der Waals surface area contributed by atoms with Crippen LogP contribution in [0.2, 0.25) is 5.02 Å². The standard InChI is InChI=1S/C30H26ClN3OS/c1-4-21-7-5-6-20(3)29(21)34-28(35)18-36-30-26(17-32)25(22-10-8-19(2)9-11-22)16-27(33-30)23-12-14-24(31)15-13-23/h5-16H,4,18H2,1-3H3,(H,34,35). The number of hydrogen-bond donors (Lipinski definition) is 1. The number of nitriles is 1. The molecule has 4 nitrogen and oxygen atoms in total.